The molecular formula is C17H21ClN4O2S. The first kappa shape index (κ1) is 19.4. The SMILES string of the molecule is CCN(CC)S(=O)(=O)c1ccc(N/N=C(\C)c2ccccc2Cl)nc1. The maximum absolute atomic E-state index is 12.4. The normalized spacial score (nSPS) is 12.4. The van der Waals surface area contributed by atoms with Gasteiger partial charge < -0.3 is 0 Å². The average molecular weight is 381 g/mol. The van der Waals surface area contributed by atoms with Crippen LogP contribution in [-0.2, 0) is 10.0 Å². The molecule has 0 atom stereocenters. The average Bonchev–Trinajstić information content (AvgIpc) is 2.61. The van der Waals surface area contributed by atoms with Crippen LogP contribution < -0.4 is 5.43 Å². The predicted octanol–water partition coefficient (Wildman–Crippen LogP) is 3.60. The lowest BCUT2D eigenvalue weighted by Crippen LogP contribution is -2.30. The van der Waals surface area contributed by atoms with Crippen LogP contribution in [0.2, 0.25) is 5.02 Å². The van der Waals surface area contributed by atoms with E-state index in [4.69, 9.17) is 11.6 Å². The first-order chi connectivity index (χ1) is 11.9. The van der Waals surface area contributed by atoms with E-state index in [0.717, 1.165) is 5.56 Å². The lowest BCUT2D eigenvalue weighted by atomic mass is 10.1. The van der Waals surface area contributed by atoms with Gasteiger partial charge in [0.05, 0.1) is 5.71 Å². The number of sulfonamides is 1. The molecule has 0 unspecified atom stereocenters. The smallest absolute Gasteiger partial charge is 0.244 e. The fraction of sp³-hybridized carbons (Fsp3) is 0.294. The molecule has 6 nitrogen and oxygen atoms in total. The van der Waals surface area contributed by atoms with Gasteiger partial charge in [0.25, 0.3) is 0 Å². The summed E-state index contributed by atoms with van der Waals surface area (Å²) in [6, 6.07) is 10.5. The fourth-order valence-corrected chi connectivity index (χ4v) is 3.94. The molecule has 0 aliphatic carbocycles. The van der Waals surface area contributed by atoms with Gasteiger partial charge in [-0.2, -0.15) is 9.41 Å². The molecule has 0 bridgehead atoms. The molecule has 0 fully saturated rings. The molecule has 2 aromatic rings. The maximum Gasteiger partial charge on any atom is 0.244 e. The first-order valence-corrected chi connectivity index (χ1v) is 9.73. The maximum atomic E-state index is 12.4. The summed E-state index contributed by atoms with van der Waals surface area (Å²) in [7, 11) is -3.51. The second-order valence-corrected chi connectivity index (χ2v) is 7.60. The quantitative estimate of drug-likeness (QED) is 0.588. The first-order valence-electron chi connectivity index (χ1n) is 7.91. The van der Waals surface area contributed by atoms with Crippen LogP contribution in [0, 0.1) is 0 Å². The zero-order chi connectivity index (χ0) is 18.4. The van der Waals surface area contributed by atoms with Crippen LogP contribution >= 0.6 is 11.6 Å². The number of aromatic nitrogens is 1. The van der Waals surface area contributed by atoms with E-state index in [2.05, 4.69) is 15.5 Å². The van der Waals surface area contributed by atoms with Crippen LogP contribution in [0.4, 0.5) is 5.82 Å². The Hall–Kier alpha value is -1.96. The van der Waals surface area contributed by atoms with E-state index in [1.807, 2.05) is 25.1 Å². The van der Waals surface area contributed by atoms with E-state index in [9.17, 15) is 8.42 Å². The Balaban J connectivity index is 2.16. The zero-order valence-electron chi connectivity index (χ0n) is 14.4. The Labute approximate surface area is 153 Å². The summed E-state index contributed by atoms with van der Waals surface area (Å²) in [4.78, 5) is 4.29. The van der Waals surface area contributed by atoms with Gasteiger partial charge in [0, 0.05) is 29.9 Å². The van der Waals surface area contributed by atoms with Gasteiger partial charge in [-0.3, -0.25) is 5.43 Å². The van der Waals surface area contributed by atoms with Crippen molar-refractivity contribution in [1.82, 2.24) is 9.29 Å². The summed E-state index contributed by atoms with van der Waals surface area (Å²) in [6.07, 6.45) is 1.33. The van der Waals surface area contributed by atoms with Gasteiger partial charge in [-0.1, -0.05) is 43.6 Å². The third-order valence-corrected chi connectivity index (χ3v) is 6.04. The van der Waals surface area contributed by atoms with Crippen LogP contribution in [0.1, 0.15) is 26.3 Å². The molecule has 0 amide bonds. The molecule has 1 N–H and O–H groups in total. The third-order valence-electron chi connectivity index (χ3n) is 3.68. The number of pyridine rings is 1. The van der Waals surface area contributed by atoms with Crippen molar-refractivity contribution in [3.05, 3.63) is 53.2 Å². The number of halogens is 1. The van der Waals surface area contributed by atoms with Crippen LogP contribution in [0.15, 0.2) is 52.6 Å². The predicted molar refractivity (Wildman–Crippen MR) is 102 cm³/mol. The van der Waals surface area contributed by atoms with E-state index in [-0.39, 0.29) is 4.90 Å². The topological polar surface area (TPSA) is 74.7 Å². The van der Waals surface area contributed by atoms with E-state index in [0.29, 0.717) is 29.6 Å². The third kappa shape index (κ3) is 4.56. The standard InChI is InChI=1S/C17H21ClN4O2S/c1-4-22(5-2)25(23,24)14-10-11-17(19-12-14)21-20-13(3)15-8-6-7-9-16(15)18/h6-12H,4-5H2,1-3H3,(H,19,21)/b20-13+. The molecule has 0 radical (unpaired) electrons. The highest BCUT2D eigenvalue weighted by Crippen LogP contribution is 2.18. The highest BCUT2D eigenvalue weighted by molar-refractivity contribution is 7.89. The highest BCUT2D eigenvalue weighted by Gasteiger charge is 2.21. The number of hydrazone groups is 1. The number of hydrogen-bond acceptors (Lipinski definition) is 5. The van der Waals surface area contributed by atoms with Gasteiger partial charge in [-0.25, -0.2) is 13.4 Å². The minimum Gasteiger partial charge on any atom is -0.261 e. The molecule has 0 spiro atoms. The second kappa shape index (κ2) is 8.42. The van der Waals surface area contributed by atoms with Crippen LogP contribution in [0.5, 0.6) is 0 Å². The van der Waals surface area contributed by atoms with Crippen molar-refractivity contribution in [3.8, 4) is 0 Å². The molecule has 1 heterocycles. The molecule has 0 saturated heterocycles. The molecule has 2 rings (SSSR count). The number of rotatable bonds is 7. The van der Waals surface area contributed by atoms with Crippen molar-refractivity contribution < 1.29 is 8.42 Å². The molecule has 1 aromatic heterocycles. The molecule has 1 aromatic carbocycles. The monoisotopic (exact) mass is 380 g/mol. The van der Waals surface area contributed by atoms with Gasteiger partial charge >= 0.3 is 0 Å². The largest absolute Gasteiger partial charge is 0.261 e. The number of benzene rings is 1. The minimum absolute atomic E-state index is 0.161. The Morgan fingerprint density at radius 2 is 1.88 bits per heavy atom. The molecular weight excluding hydrogens is 360 g/mol. The Kier molecular flexibility index (Phi) is 6.52. The molecule has 134 valence electrons. The second-order valence-electron chi connectivity index (χ2n) is 5.26. The molecule has 8 heteroatoms. The molecule has 0 aliphatic rings. The molecule has 0 aliphatic heterocycles. The van der Waals surface area contributed by atoms with Gasteiger partial charge in [0.1, 0.15) is 10.7 Å². The van der Waals surface area contributed by atoms with Gasteiger partial charge in [-0.05, 0) is 25.1 Å². The van der Waals surface area contributed by atoms with Crippen molar-refractivity contribution in [2.45, 2.75) is 25.7 Å². The number of anilines is 1. The lowest BCUT2D eigenvalue weighted by Gasteiger charge is -2.18. The fourth-order valence-electron chi connectivity index (χ4n) is 2.27. The summed E-state index contributed by atoms with van der Waals surface area (Å²) in [5, 5.41) is 4.85. The number of hydrogen-bond donors (Lipinski definition) is 1. The highest BCUT2D eigenvalue weighted by atomic mass is 35.5. The Morgan fingerprint density at radius 1 is 1.20 bits per heavy atom. The van der Waals surface area contributed by atoms with Gasteiger partial charge in [0.15, 0.2) is 0 Å². The van der Waals surface area contributed by atoms with Crippen LogP contribution in [-0.4, -0.2) is 36.5 Å². The van der Waals surface area contributed by atoms with Crippen molar-refractivity contribution >= 4 is 33.2 Å². The summed E-state index contributed by atoms with van der Waals surface area (Å²) in [5.41, 5.74) is 4.33. The van der Waals surface area contributed by atoms with E-state index >= 15 is 0 Å². The molecule has 0 saturated carbocycles. The van der Waals surface area contributed by atoms with Crippen LogP contribution in [0.3, 0.4) is 0 Å². The zero-order valence-corrected chi connectivity index (χ0v) is 16.0. The summed E-state index contributed by atoms with van der Waals surface area (Å²) in [6.45, 7) is 6.26. The minimum atomic E-state index is -3.51. The van der Waals surface area contributed by atoms with E-state index in [1.54, 1.807) is 26.0 Å². The molecule has 25 heavy (non-hydrogen) atoms. The Bertz CT molecular complexity index is 847. The number of nitrogens with one attached hydrogen (secondary N) is 1. The van der Waals surface area contributed by atoms with Crippen molar-refractivity contribution in [1.29, 1.82) is 0 Å². The summed E-state index contributed by atoms with van der Waals surface area (Å²) < 4.78 is 26.2. The van der Waals surface area contributed by atoms with Gasteiger partial charge in [0.2, 0.25) is 10.0 Å². The lowest BCUT2D eigenvalue weighted by molar-refractivity contribution is 0.445. The van der Waals surface area contributed by atoms with E-state index < -0.39 is 10.0 Å². The van der Waals surface area contributed by atoms with Crippen molar-refractivity contribution in [2.75, 3.05) is 18.5 Å². The van der Waals surface area contributed by atoms with Crippen molar-refractivity contribution in [2.24, 2.45) is 5.10 Å². The van der Waals surface area contributed by atoms with E-state index in [1.165, 1.54) is 16.6 Å². The Morgan fingerprint density at radius 3 is 2.44 bits per heavy atom. The summed E-state index contributed by atoms with van der Waals surface area (Å²) in [5.74, 6) is 0.449. The van der Waals surface area contributed by atoms with Gasteiger partial charge in [-0.15, -0.1) is 0 Å². The van der Waals surface area contributed by atoms with Crippen LogP contribution in [0.25, 0.3) is 0 Å². The number of nitrogens with zero attached hydrogens (tertiary/aromatic N) is 3. The van der Waals surface area contributed by atoms with Crippen molar-refractivity contribution in [3.63, 3.8) is 0 Å². The summed E-state index contributed by atoms with van der Waals surface area (Å²) >= 11 is 6.13.